The minimum Gasteiger partial charge on any atom is -0.483 e. The molecular weight excluding hydrogens is 435 g/mol. The molecule has 160 valence electrons. The van der Waals surface area contributed by atoms with Gasteiger partial charge in [0.2, 0.25) is 0 Å². The van der Waals surface area contributed by atoms with Gasteiger partial charge in [-0.3, -0.25) is 9.59 Å². The average Bonchev–Trinajstić information content (AvgIpc) is 2.78. The maximum Gasteiger partial charge on any atom is 0.257 e. The fourth-order valence-corrected chi connectivity index (χ4v) is 3.41. The monoisotopic (exact) mass is 456 g/mol. The van der Waals surface area contributed by atoms with Crippen LogP contribution >= 0.6 is 23.2 Å². The fraction of sp³-hybridized carbons (Fsp3) is 0.167. The van der Waals surface area contributed by atoms with Crippen molar-refractivity contribution in [3.63, 3.8) is 0 Å². The lowest BCUT2D eigenvalue weighted by Gasteiger charge is -2.12. The highest BCUT2D eigenvalue weighted by atomic mass is 35.5. The standard InChI is InChI=1S/C24H22Cl2N2O3/c25-19-11-10-18(21(26)14-19)12-13-27-23(29)16-31-22-9-5-4-8-20(22)24(30)28-15-17-6-2-1-3-7-17/h1-11,14H,12-13,15-16H2,(H,27,29)(H,28,30). The van der Waals surface area contributed by atoms with Crippen molar-refractivity contribution in [1.29, 1.82) is 0 Å². The third kappa shape index (κ3) is 7.02. The zero-order valence-corrected chi connectivity index (χ0v) is 18.2. The largest absolute Gasteiger partial charge is 0.483 e. The first-order chi connectivity index (χ1) is 15.0. The summed E-state index contributed by atoms with van der Waals surface area (Å²) < 4.78 is 5.60. The Morgan fingerprint density at radius 1 is 0.871 bits per heavy atom. The molecule has 0 fully saturated rings. The quantitative estimate of drug-likeness (QED) is 0.491. The second-order valence-electron chi connectivity index (χ2n) is 6.79. The smallest absolute Gasteiger partial charge is 0.257 e. The Morgan fingerprint density at radius 2 is 1.61 bits per heavy atom. The second kappa shape index (κ2) is 11.4. The third-order valence-corrected chi connectivity index (χ3v) is 5.10. The first-order valence-electron chi connectivity index (χ1n) is 9.77. The zero-order valence-electron chi connectivity index (χ0n) is 16.7. The van der Waals surface area contributed by atoms with Crippen molar-refractivity contribution in [3.8, 4) is 5.75 Å². The molecule has 0 radical (unpaired) electrons. The van der Waals surface area contributed by atoms with Crippen molar-refractivity contribution in [1.82, 2.24) is 10.6 Å². The Balaban J connectivity index is 1.48. The molecule has 3 aromatic carbocycles. The number of nitrogens with one attached hydrogen (secondary N) is 2. The fourth-order valence-electron chi connectivity index (χ4n) is 2.91. The van der Waals surface area contributed by atoms with E-state index in [9.17, 15) is 9.59 Å². The number of hydrogen-bond donors (Lipinski definition) is 2. The van der Waals surface area contributed by atoms with E-state index in [1.807, 2.05) is 36.4 Å². The molecule has 0 spiro atoms. The number of carbonyl (C=O) groups is 2. The van der Waals surface area contributed by atoms with Crippen LogP contribution in [0.15, 0.2) is 72.8 Å². The lowest BCUT2D eigenvalue weighted by Crippen LogP contribution is -2.31. The van der Waals surface area contributed by atoms with E-state index in [0.717, 1.165) is 11.1 Å². The summed E-state index contributed by atoms with van der Waals surface area (Å²) in [6.45, 7) is 0.613. The van der Waals surface area contributed by atoms with Crippen molar-refractivity contribution in [3.05, 3.63) is 99.5 Å². The van der Waals surface area contributed by atoms with Crippen molar-refractivity contribution in [2.24, 2.45) is 0 Å². The van der Waals surface area contributed by atoms with E-state index >= 15 is 0 Å². The molecule has 0 aliphatic rings. The minimum absolute atomic E-state index is 0.197. The minimum atomic E-state index is -0.287. The zero-order chi connectivity index (χ0) is 22.1. The van der Waals surface area contributed by atoms with Crippen molar-refractivity contribution in [2.75, 3.05) is 13.2 Å². The van der Waals surface area contributed by atoms with E-state index in [2.05, 4.69) is 10.6 Å². The molecule has 31 heavy (non-hydrogen) atoms. The predicted octanol–water partition coefficient (Wildman–Crippen LogP) is 4.66. The van der Waals surface area contributed by atoms with E-state index in [-0.39, 0.29) is 18.4 Å². The molecule has 0 aliphatic heterocycles. The second-order valence-corrected chi connectivity index (χ2v) is 7.63. The van der Waals surface area contributed by atoms with Crippen molar-refractivity contribution in [2.45, 2.75) is 13.0 Å². The van der Waals surface area contributed by atoms with Gasteiger partial charge < -0.3 is 15.4 Å². The highest BCUT2D eigenvalue weighted by molar-refractivity contribution is 6.35. The predicted molar refractivity (Wildman–Crippen MR) is 123 cm³/mol. The molecule has 2 amide bonds. The molecule has 0 unspecified atom stereocenters. The number of hydrogen-bond acceptors (Lipinski definition) is 3. The normalized spacial score (nSPS) is 10.4. The van der Waals surface area contributed by atoms with E-state index in [0.29, 0.717) is 40.9 Å². The SMILES string of the molecule is O=C(COc1ccccc1C(=O)NCc1ccccc1)NCCc1ccc(Cl)cc1Cl. The topological polar surface area (TPSA) is 67.4 Å². The lowest BCUT2D eigenvalue weighted by atomic mass is 10.1. The number of ether oxygens (including phenoxy) is 1. The van der Waals surface area contributed by atoms with Gasteiger partial charge in [0.25, 0.3) is 11.8 Å². The molecule has 2 N–H and O–H groups in total. The maximum atomic E-state index is 12.6. The van der Waals surface area contributed by atoms with E-state index in [1.165, 1.54) is 0 Å². The van der Waals surface area contributed by atoms with Crippen LogP contribution in [0.4, 0.5) is 0 Å². The molecule has 0 heterocycles. The molecule has 0 atom stereocenters. The molecule has 0 saturated carbocycles. The van der Waals surface area contributed by atoms with Gasteiger partial charge in [0.1, 0.15) is 5.75 Å². The van der Waals surface area contributed by atoms with Crippen LogP contribution in [0.1, 0.15) is 21.5 Å². The molecule has 0 saturated heterocycles. The average molecular weight is 457 g/mol. The highest BCUT2D eigenvalue weighted by Gasteiger charge is 2.13. The molecule has 0 aliphatic carbocycles. The van der Waals surface area contributed by atoms with Gasteiger partial charge in [-0.15, -0.1) is 0 Å². The molecule has 7 heteroatoms. The number of amides is 2. The Hall–Kier alpha value is -3.02. The van der Waals surface area contributed by atoms with E-state index in [1.54, 1.807) is 36.4 Å². The molecule has 0 bridgehead atoms. The number of rotatable bonds is 9. The molecule has 5 nitrogen and oxygen atoms in total. The van der Waals surface area contributed by atoms with Gasteiger partial charge in [-0.2, -0.15) is 0 Å². The first kappa shape index (κ1) is 22.7. The summed E-state index contributed by atoms with van der Waals surface area (Å²) in [6.07, 6.45) is 0.570. The van der Waals surface area contributed by atoms with Crippen LogP contribution in [0.3, 0.4) is 0 Å². The Labute approximate surface area is 191 Å². The Bertz CT molecular complexity index is 1040. The van der Waals surface area contributed by atoms with Crippen LogP contribution in [-0.2, 0) is 17.8 Å². The van der Waals surface area contributed by atoms with Crippen LogP contribution in [0.25, 0.3) is 0 Å². The first-order valence-corrected chi connectivity index (χ1v) is 10.5. The van der Waals surface area contributed by atoms with Gasteiger partial charge in [0.05, 0.1) is 5.56 Å². The van der Waals surface area contributed by atoms with Crippen LogP contribution < -0.4 is 15.4 Å². The number of carbonyl (C=O) groups excluding carboxylic acids is 2. The van der Waals surface area contributed by atoms with Crippen molar-refractivity contribution >= 4 is 35.0 Å². The van der Waals surface area contributed by atoms with Crippen LogP contribution in [0.5, 0.6) is 5.75 Å². The van der Waals surface area contributed by atoms with E-state index < -0.39 is 0 Å². The summed E-state index contributed by atoms with van der Waals surface area (Å²) in [5.41, 5.74) is 2.27. The molecule has 0 aromatic heterocycles. The summed E-state index contributed by atoms with van der Waals surface area (Å²) in [6, 6.07) is 21.7. The van der Waals surface area contributed by atoms with E-state index in [4.69, 9.17) is 27.9 Å². The van der Waals surface area contributed by atoms with Gasteiger partial charge in [0, 0.05) is 23.1 Å². The summed E-state index contributed by atoms with van der Waals surface area (Å²) >= 11 is 12.0. The van der Waals surface area contributed by atoms with Crippen LogP contribution in [0, 0.1) is 0 Å². The van der Waals surface area contributed by atoms with Crippen molar-refractivity contribution < 1.29 is 14.3 Å². The van der Waals surface area contributed by atoms with Gasteiger partial charge in [-0.1, -0.05) is 71.7 Å². The number of para-hydroxylation sites is 1. The van der Waals surface area contributed by atoms with Gasteiger partial charge in [-0.25, -0.2) is 0 Å². The summed E-state index contributed by atoms with van der Waals surface area (Å²) in [7, 11) is 0. The lowest BCUT2D eigenvalue weighted by molar-refractivity contribution is -0.123. The van der Waals surface area contributed by atoms with Crippen LogP contribution in [-0.4, -0.2) is 25.0 Å². The van der Waals surface area contributed by atoms with Gasteiger partial charge in [0.15, 0.2) is 6.61 Å². The number of benzene rings is 3. The molecule has 3 aromatic rings. The highest BCUT2D eigenvalue weighted by Crippen LogP contribution is 2.21. The van der Waals surface area contributed by atoms with Crippen LogP contribution in [0.2, 0.25) is 10.0 Å². The Kier molecular flexibility index (Phi) is 8.33. The Morgan fingerprint density at radius 3 is 2.39 bits per heavy atom. The number of halogens is 2. The molecule has 3 rings (SSSR count). The maximum absolute atomic E-state index is 12.6. The summed E-state index contributed by atoms with van der Waals surface area (Å²) in [4.78, 5) is 24.7. The summed E-state index contributed by atoms with van der Waals surface area (Å²) in [5, 5.41) is 6.78. The van der Waals surface area contributed by atoms with Gasteiger partial charge in [-0.05, 0) is 41.8 Å². The molecular formula is C24H22Cl2N2O3. The third-order valence-electron chi connectivity index (χ3n) is 4.52. The van der Waals surface area contributed by atoms with Gasteiger partial charge >= 0.3 is 0 Å². The summed E-state index contributed by atoms with van der Waals surface area (Å²) in [5.74, 6) is -0.203.